The van der Waals surface area contributed by atoms with E-state index in [4.69, 9.17) is 0 Å². The molecular weight excluding hydrogens is 188 g/mol. The van der Waals surface area contributed by atoms with Crippen LogP contribution in [0.4, 0.5) is 0 Å². The standard InChI is InChI=1S/C8H16.C5H8O2/c1-3-5-7-8-6-4-2;1-3-4-7-5(2)6/h3H,1,4-8H2,2H3;3H,1,4H2,2H3. The van der Waals surface area contributed by atoms with Crippen molar-refractivity contribution >= 4 is 5.97 Å². The van der Waals surface area contributed by atoms with E-state index in [2.05, 4.69) is 24.8 Å². The Labute approximate surface area is 94.0 Å². The van der Waals surface area contributed by atoms with Crippen molar-refractivity contribution in [1.29, 1.82) is 0 Å². The van der Waals surface area contributed by atoms with E-state index in [1.165, 1.54) is 45.1 Å². The van der Waals surface area contributed by atoms with E-state index in [1.807, 2.05) is 6.08 Å². The zero-order valence-electron chi connectivity index (χ0n) is 10.1. The highest BCUT2D eigenvalue weighted by atomic mass is 16.5. The van der Waals surface area contributed by atoms with Crippen LogP contribution in [0.2, 0.25) is 0 Å². The van der Waals surface area contributed by atoms with Crippen molar-refractivity contribution < 1.29 is 9.53 Å². The first-order valence-corrected chi connectivity index (χ1v) is 5.54. The molecule has 0 fully saturated rings. The minimum Gasteiger partial charge on any atom is -0.462 e. The highest BCUT2D eigenvalue weighted by Gasteiger charge is 1.83. The van der Waals surface area contributed by atoms with Gasteiger partial charge in [0.25, 0.3) is 0 Å². The van der Waals surface area contributed by atoms with Gasteiger partial charge in [0.1, 0.15) is 6.61 Å². The first-order valence-electron chi connectivity index (χ1n) is 5.54. The van der Waals surface area contributed by atoms with Crippen molar-refractivity contribution in [3.05, 3.63) is 25.3 Å². The monoisotopic (exact) mass is 212 g/mol. The molecule has 0 aromatic heterocycles. The molecule has 0 aromatic rings. The van der Waals surface area contributed by atoms with E-state index >= 15 is 0 Å². The molecule has 0 aliphatic carbocycles. The molecule has 0 N–H and O–H groups in total. The maximum absolute atomic E-state index is 9.93. The number of hydrogen-bond donors (Lipinski definition) is 0. The van der Waals surface area contributed by atoms with Crippen molar-refractivity contribution in [2.24, 2.45) is 0 Å². The number of carbonyl (C=O) groups excluding carboxylic acids is 1. The molecule has 0 unspecified atom stereocenters. The minimum absolute atomic E-state index is 0.264. The third-order valence-corrected chi connectivity index (χ3v) is 1.67. The van der Waals surface area contributed by atoms with Crippen molar-refractivity contribution in [2.75, 3.05) is 6.61 Å². The van der Waals surface area contributed by atoms with Crippen LogP contribution in [0.3, 0.4) is 0 Å². The van der Waals surface area contributed by atoms with E-state index in [-0.39, 0.29) is 5.97 Å². The SMILES string of the molecule is C=CCCCCCC.C=CCOC(C)=O. The lowest BCUT2D eigenvalue weighted by molar-refractivity contribution is -0.139. The molecule has 0 spiro atoms. The summed E-state index contributed by atoms with van der Waals surface area (Å²) in [5.74, 6) is -0.264. The Bertz CT molecular complexity index is 162. The van der Waals surface area contributed by atoms with Crippen LogP contribution in [0.15, 0.2) is 25.3 Å². The predicted molar refractivity (Wildman–Crippen MR) is 65.8 cm³/mol. The molecule has 0 aromatic carbocycles. The summed E-state index contributed by atoms with van der Waals surface area (Å²) < 4.78 is 4.43. The molecule has 15 heavy (non-hydrogen) atoms. The van der Waals surface area contributed by atoms with Gasteiger partial charge in [0.05, 0.1) is 0 Å². The Morgan fingerprint density at radius 1 is 1.20 bits per heavy atom. The first kappa shape index (κ1) is 16.4. The predicted octanol–water partition coefficient (Wildman–Crippen LogP) is 3.88. The van der Waals surface area contributed by atoms with E-state index in [0.29, 0.717) is 6.61 Å². The van der Waals surface area contributed by atoms with Gasteiger partial charge in [-0.2, -0.15) is 0 Å². The van der Waals surface area contributed by atoms with Crippen molar-refractivity contribution in [3.8, 4) is 0 Å². The maximum Gasteiger partial charge on any atom is 0.302 e. The van der Waals surface area contributed by atoms with E-state index < -0.39 is 0 Å². The number of ether oxygens (including phenoxy) is 1. The summed E-state index contributed by atoms with van der Waals surface area (Å²) in [6.07, 6.45) is 10.1. The van der Waals surface area contributed by atoms with Gasteiger partial charge in [0.2, 0.25) is 0 Å². The largest absolute Gasteiger partial charge is 0.462 e. The molecule has 0 radical (unpaired) electrons. The summed E-state index contributed by atoms with van der Waals surface area (Å²) in [5.41, 5.74) is 0. The third kappa shape index (κ3) is 24.6. The van der Waals surface area contributed by atoms with Gasteiger partial charge in [0.15, 0.2) is 0 Å². The molecule has 88 valence electrons. The van der Waals surface area contributed by atoms with Crippen LogP contribution in [-0.2, 0) is 9.53 Å². The Morgan fingerprint density at radius 3 is 2.20 bits per heavy atom. The zero-order valence-corrected chi connectivity index (χ0v) is 10.1. The van der Waals surface area contributed by atoms with Gasteiger partial charge in [-0.1, -0.05) is 44.9 Å². The number of unbranched alkanes of at least 4 members (excludes halogenated alkanes) is 4. The fourth-order valence-corrected chi connectivity index (χ4v) is 0.892. The number of esters is 1. The molecule has 0 rings (SSSR count). The Morgan fingerprint density at radius 2 is 1.87 bits per heavy atom. The first-order chi connectivity index (χ1) is 7.18. The Hall–Kier alpha value is -1.05. The van der Waals surface area contributed by atoms with Crippen LogP contribution in [-0.4, -0.2) is 12.6 Å². The zero-order chi connectivity index (χ0) is 11.9. The summed E-state index contributed by atoms with van der Waals surface area (Å²) in [6, 6.07) is 0. The number of carbonyl (C=O) groups is 1. The second-order valence-electron chi connectivity index (χ2n) is 3.23. The Balaban J connectivity index is 0. The second-order valence-corrected chi connectivity index (χ2v) is 3.23. The van der Waals surface area contributed by atoms with Crippen LogP contribution in [0.5, 0.6) is 0 Å². The van der Waals surface area contributed by atoms with Gasteiger partial charge in [-0.05, 0) is 12.8 Å². The molecule has 0 aliphatic heterocycles. The fraction of sp³-hybridized carbons (Fsp3) is 0.615. The summed E-state index contributed by atoms with van der Waals surface area (Å²) in [7, 11) is 0. The number of hydrogen-bond acceptors (Lipinski definition) is 2. The molecule has 2 heteroatoms. The van der Waals surface area contributed by atoms with Crippen LogP contribution in [0.1, 0.15) is 46.0 Å². The smallest absolute Gasteiger partial charge is 0.302 e. The average molecular weight is 212 g/mol. The van der Waals surface area contributed by atoms with Gasteiger partial charge in [0, 0.05) is 6.92 Å². The average Bonchev–Trinajstić information content (AvgIpc) is 2.22. The number of rotatable bonds is 7. The summed E-state index contributed by atoms with van der Waals surface area (Å²) in [6.45, 7) is 10.9. The Kier molecular flexibility index (Phi) is 16.8. The molecule has 0 saturated carbocycles. The lowest BCUT2D eigenvalue weighted by Gasteiger charge is -1.91. The van der Waals surface area contributed by atoms with E-state index in [0.717, 1.165) is 0 Å². The van der Waals surface area contributed by atoms with Crippen LogP contribution in [0, 0.1) is 0 Å². The molecule has 0 amide bonds. The summed E-state index contributed by atoms with van der Waals surface area (Å²) in [4.78, 5) is 9.93. The van der Waals surface area contributed by atoms with E-state index in [1.54, 1.807) is 0 Å². The molecule has 0 saturated heterocycles. The van der Waals surface area contributed by atoms with Crippen LogP contribution < -0.4 is 0 Å². The summed E-state index contributed by atoms with van der Waals surface area (Å²) >= 11 is 0. The molecular formula is C13H24O2. The topological polar surface area (TPSA) is 26.3 Å². The van der Waals surface area contributed by atoms with Crippen LogP contribution in [0.25, 0.3) is 0 Å². The van der Waals surface area contributed by atoms with Crippen molar-refractivity contribution in [1.82, 2.24) is 0 Å². The van der Waals surface area contributed by atoms with Gasteiger partial charge < -0.3 is 4.74 Å². The van der Waals surface area contributed by atoms with Gasteiger partial charge in [-0.3, -0.25) is 4.79 Å². The molecule has 0 heterocycles. The molecule has 0 atom stereocenters. The second kappa shape index (κ2) is 15.4. The lowest BCUT2D eigenvalue weighted by atomic mass is 10.2. The maximum atomic E-state index is 9.93. The van der Waals surface area contributed by atoms with E-state index in [9.17, 15) is 4.79 Å². The minimum atomic E-state index is -0.264. The van der Waals surface area contributed by atoms with Gasteiger partial charge >= 0.3 is 5.97 Å². The molecule has 0 bridgehead atoms. The lowest BCUT2D eigenvalue weighted by Crippen LogP contribution is -1.96. The molecule has 0 aliphatic rings. The highest BCUT2D eigenvalue weighted by molar-refractivity contribution is 5.65. The van der Waals surface area contributed by atoms with Gasteiger partial charge in [-0.25, -0.2) is 0 Å². The summed E-state index contributed by atoms with van der Waals surface area (Å²) in [5, 5.41) is 0. The van der Waals surface area contributed by atoms with Gasteiger partial charge in [-0.15, -0.1) is 6.58 Å². The third-order valence-electron chi connectivity index (χ3n) is 1.67. The van der Waals surface area contributed by atoms with Crippen LogP contribution >= 0.6 is 0 Å². The van der Waals surface area contributed by atoms with Crippen molar-refractivity contribution in [3.63, 3.8) is 0 Å². The fourth-order valence-electron chi connectivity index (χ4n) is 0.892. The number of allylic oxidation sites excluding steroid dienone is 1. The van der Waals surface area contributed by atoms with Crippen molar-refractivity contribution in [2.45, 2.75) is 46.0 Å². The molecule has 2 nitrogen and oxygen atoms in total. The normalized spacial score (nSPS) is 8.40. The highest BCUT2D eigenvalue weighted by Crippen LogP contribution is 2.01. The quantitative estimate of drug-likeness (QED) is 0.364.